The lowest BCUT2D eigenvalue weighted by atomic mass is 9.96. The maximum Gasteiger partial charge on any atom is 0.184 e. The maximum absolute atomic E-state index is 6.19. The van der Waals surface area contributed by atoms with Gasteiger partial charge in [-0.25, -0.2) is 0 Å². The molecule has 0 aliphatic heterocycles. The number of allylic oxidation sites excluding steroid dienone is 1. The van der Waals surface area contributed by atoms with Crippen LogP contribution in [0.15, 0.2) is 25.3 Å². The normalized spacial score (nSPS) is 16.0. The third-order valence-electron chi connectivity index (χ3n) is 2.01. The van der Waals surface area contributed by atoms with Crippen molar-refractivity contribution in [2.75, 3.05) is 0 Å². The molecule has 0 fully saturated rings. The summed E-state index contributed by atoms with van der Waals surface area (Å²) in [4.78, 5) is 0. The summed E-state index contributed by atoms with van der Waals surface area (Å²) >= 11 is 0. The number of hydrogen-bond acceptors (Lipinski definition) is 1. The van der Waals surface area contributed by atoms with Gasteiger partial charge < -0.3 is 4.43 Å². The van der Waals surface area contributed by atoms with Crippen molar-refractivity contribution >= 4 is 8.32 Å². The molecule has 0 bridgehead atoms. The Morgan fingerprint density at radius 2 is 1.79 bits per heavy atom. The third kappa shape index (κ3) is 6.16. The largest absolute Gasteiger partial charge is 0.412 e. The third-order valence-corrected chi connectivity index (χ3v) is 3.11. The van der Waals surface area contributed by atoms with E-state index in [0.717, 1.165) is 19.3 Å². The van der Waals surface area contributed by atoms with Gasteiger partial charge in [-0.15, -0.1) is 13.2 Å². The molecule has 0 N–H and O–H groups in total. The fourth-order valence-corrected chi connectivity index (χ4v) is 3.31. The van der Waals surface area contributed by atoms with Gasteiger partial charge in [-0.2, -0.15) is 0 Å². The minimum Gasteiger partial charge on any atom is -0.412 e. The monoisotopic (exact) mass is 212 g/mol. The SMILES string of the molecule is C=CCCC(C)(CC=C)O[Si](C)(C)C. The highest BCUT2D eigenvalue weighted by Crippen LogP contribution is 2.26. The van der Waals surface area contributed by atoms with Crippen LogP contribution >= 0.6 is 0 Å². The molecule has 0 amide bonds. The van der Waals surface area contributed by atoms with E-state index >= 15 is 0 Å². The van der Waals surface area contributed by atoms with Crippen molar-refractivity contribution in [3.05, 3.63) is 25.3 Å². The summed E-state index contributed by atoms with van der Waals surface area (Å²) in [6, 6.07) is 0. The molecule has 0 radical (unpaired) electrons. The van der Waals surface area contributed by atoms with Crippen LogP contribution in [0.25, 0.3) is 0 Å². The predicted octanol–water partition coefficient (Wildman–Crippen LogP) is 4.14. The van der Waals surface area contributed by atoms with Crippen LogP contribution in [-0.4, -0.2) is 13.9 Å². The Kier molecular flexibility index (Phi) is 5.38. The van der Waals surface area contributed by atoms with E-state index in [4.69, 9.17) is 4.43 Å². The molecule has 0 aromatic carbocycles. The standard InChI is InChI=1S/C12H24OSi/c1-7-9-11-12(3,10-8-2)13-14(4,5)6/h7-8H,1-2,9-11H2,3-6H3. The molecule has 1 atom stereocenters. The van der Waals surface area contributed by atoms with Crippen LogP contribution in [0.2, 0.25) is 19.6 Å². The van der Waals surface area contributed by atoms with Crippen molar-refractivity contribution in [2.24, 2.45) is 0 Å². The van der Waals surface area contributed by atoms with Crippen LogP contribution in [-0.2, 0) is 4.43 Å². The maximum atomic E-state index is 6.19. The molecular weight excluding hydrogens is 188 g/mol. The smallest absolute Gasteiger partial charge is 0.184 e. The summed E-state index contributed by atoms with van der Waals surface area (Å²) in [5.74, 6) is 0. The lowest BCUT2D eigenvalue weighted by Crippen LogP contribution is -2.40. The van der Waals surface area contributed by atoms with E-state index in [9.17, 15) is 0 Å². The van der Waals surface area contributed by atoms with Crippen LogP contribution in [0.4, 0.5) is 0 Å². The lowest BCUT2D eigenvalue weighted by molar-refractivity contribution is 0.0752. The fraction of sp³-hybridized carbons (Fsp3) is 0.667. The van der Waals surface area contributed by atoms with E-state index in [1.165, 1.54) is 0 Å². The zero-order valence-corrected chi connectivity index (χ0v) is 11.1. The first kappa shape index (κ1) is 13.7. The van der Waals surface area contributed by atoms with Crippen molar-refractivity contribution in [1.29, 1.82) is 0 Å². The van der Waals surface area contributed by atoms with Gasteiger partial charge in [-0.3, -0.25) is 0 Å². The van der Waals surface area contributed by atoms with Gasteiger partial charge in [0.15, 0.2) is 8.32 Å². The Balaban J connectivity index is 4.37. The average Bonchev–Trinajstić information content (AvgIpc) is 1.98. The minimum absolute atomic E-state index is 0.0413. The van der Waals surface area contributed by atoms with Crippen LogP contribution < -0.4 is 0 Å². The van der Waals surface area contributed by atoms with Crippen LogP contribution in [0.3, 0.4) is 0 Å². The van der Waals surface area contributed by atoms with E-state index < -0.39 is 8.32 Å². The number of rotatable bonds is 7. The molecule has 0 aromatic rings. The second kappa shape index (κ2) is 5.52. The highest BCUT2D eigenvalue weighted by molar-refractivity contribution is 6.69. The van der Waals surface area contributed by atoms with Crippen molar-refractivity contribution in [3.8, 4) is 0 Å². The molecule has 0 saturated heterocycles. The van der Waals surface area contributed by atoms with Gasteiger partial charge in [-0.05, 0) is 45.8 Å². The van der Waals surface area contributed by atoms with E-state index in [0.29, 0.717) is 0 Å². The molecule has 0 rings (SSSR count). The van der Waals surface area contributed by atoms with Gasteiger partial charge in [0.1, 0.15) is 0 Å². The summed E-state index contributed by atoms with van der Waals surface area (Å²) in [5.41, 5.74) is -0.0413. The second-order valence-electron chi connectivity index (χ2n) is 4.98. The Bertz CT molecular complexity index is 193. The molecule has 0 spiro atoms. The van der Waals surface area contributed by atoms with Gasteiger partial charge >= 0.3 is 0 Å². The Hall–Kier alpha value is -0.343. The fourth-order valence-electron chi connectivity index (χ4n) is 1.65. The van der Waals surface area contributed by atoms with Gasteiger partial charge in [0.25, 0.3) is 0 Å². The quantitative estimate of drug-likeness (QED) is 0.455. The summed E-state index contributed by atoms with van der Waals surface area (Å²) in [6.07, 6.45) is 6.87. The first-order chi connectivity index (χ1) is 6.33. The summed E-state index contributed by atoms with van der Waals surface area (Å²) in [7, 11) is -1.46. The Morgan fingerprint density at radius 1 is 1.21 bits per heavy atom. The zero-order chi connectivity index (χ0) is 11.2. The molecule has 0 aliphatic rings. The van der Waals surface area contributed by atoms with Crippen molar-refractivity contribution in [1.82, 2.24) is 0 Å². The van der Waals surface area contributed by atoms with Gasteiger partial charge in [-0.1, -0.05) is 12.2 Å². The van der Waals surface area contributed by atoms with E-state index in [1.807, 2.05) is 12.2 Å². The van der Waals surface area contributed by atoms with E-state index in [-0.39, 0.29) is 5.60 Å². The molecule has 0 saturated carbocycles. The molecule has 1 unspecified atom stereocenters. The van der Waals surface area contributed by atoms with Crippen molar-refractivity contribution in [2.45, 2.75) is 51.4 Å². The topological polar surface area (TPSA) is 9.23 Å². The summed E-state index contributed by atoms with van der Waals surface area (Å²) in [5, 5.41) is 0. The van der Waals surface area contributed by atoms with Crippen LogP contribution in [0.5, 0.6) is 0 Å². The second-order valence-corrected chi connectivity index (χ2v) is 9.41. The lowest BCUT2D eigenvalue weighted by Gasteiger charge is -2.35. The van der Waals surface area contributed by atoms with Gasteiger partial charge in [0.2, 0.25) is 0 Å². The molecule has 1 nitrogen and oxygen atoms in total. The molecule has 82 valence electrons. The van der Waals surface area contributed by atoms with Crippen LogP contribution in [0, 0.1) is 0 Å². The Morgan fingerprint density at radius 3 is 2.14 bits per heavy atom. The molecule has 0 heterocycles. The molecule has 0 aliphatic carbocycles. The van der Waals surface area contributed by atoms with Gasteiger partial charge in [0.05, 0.1) is 5.60 Å². The molecule has 0 aromatic heterocycles. The van der Waals surface area contributed by atoms with E-state index in [2.05, 4.69) is 39.7 Å². The van der Waals surface area contributed by atoms with Crippen molar-refractivity contribution in [3.63, 3.8) is 0 Å². The summed E-state index contributed by atoms with van der Waals surface area (Å²) < 4.78 is 6.19. The first-order valence-electron chi connectivity index (χ1n) is 5.25. The highest BCUT2D eigenvalue weighted by Gasteiger charge is 2.29. The van der Waals surface area contributed by atoms with E-state index in [1.54, 1.807) is 0 Å². The van der Waals surface area contributed by atoms with Crippen molar-refractivity contribution < 1.29 is 4.43 Å². The van der Waals surface area contributed by atoms with Crippen LogP contribution in [0.1, 0.15) is 26.2 Å². The summed E-state index contributed by atoms with van der Waals surface area (Å²) in [6.45, 7) is 16.4. The first-order valence-corrected chi connectivity index (χ1v) is 8.66. The predicted molar refractivity (Wildman–Crippen MR) is 67.1 cm³/mol. The Labute approximate surface area is 90.0 Å². The number of hydrogen-bond donors (Lipinski definition) is 0. The zero-order valence-electron chi connectivity index (χ0n) is 10.1. The molecule has 2 heteroatoms. The van der Waals surface area contributed by atoms with Gasteiger partial charge in [0, 0.05) is 0 Å². The minimum atomic E-state index is -1.46. The average molecular weight is 212 g/mol. The molecular formula is C12H24OSi. The highest BCUT2D eigenvalue weighted by atomic mass is 28.4. The molecule has 14 heavy (non-hydrogen) atoms.